The van der Waals surface area contributed by atoms with E-state index in [0.29, 0.717) is 23.6 Å². The van der Waals surface area contributed by atoms with Crippen molar-refractivity contribution in [2.75, 3.05) is 24.6 Å². The zero-order valence-electron chi connectivity index (χ0n) is 17.0. The van der Waals surface area contributed by atoms with E-state index < -0.39 is 0 Å². The highest BCUT2D eigenvalue weighted by molar-refractivity contribution is 6.45. The molecule has 0 N–H and O–H groups in total. The van der Waals surface area contributed by atoms with Gasteiger partial charge in [-0.15, -0.1) is 0 Å². The molecule has 2 heterocycles. The highest BCUT2D eigenvalue weighted by Crippen LogP contribution is 2.36. The van der Waals surface area contributed by atoms with E-state index in [1.807, 2.05) is 55.5 Å². The minimum absolute atomic E-state index is 0.231. The molecule has 0 spiro atoms. The normalized spacial score (nSPS) is 16.9. The number of anilines is 1. The summed E-state index contributed by atoms with van der Waals surface area (Å²) in [4.78, 5) is 30.2. The second kappa shape index (κ2) is 8.11. The van der Waals surface area contributed by atoms with Crippen molar-refractivity contribution in [2.45, 2.75) is 33.1 Å². The van der Waals surface area contributed by atoms with Gasteiger partial charge in [-0.3, -0.25) is 9.59 Å². The van der Waals surface area contributed by atoms with Gasteiger partial charge in [0.2, 0.25) is 0 Å². The van der Waals surface area contributed by atoms with Crippen LogP contribution in [0.4, 0.5) is 5.69 Å². The van der Waals surface area contributed by atoms with E-state index in [4.69, 9.17) is 4.74 Å². The molecule has 1 saturated heterocycles. The lowest BCUT2D eigenvalue weighted by Crippen LogP contribution is -2.34. The summed E-state index contributed by atoms with van der Waals surface area (Å²) in [7, 11) is 0. The van der Waals surface area contributed by atoms with Gasteiger partial charge in [0.1, 0.15) is 11.4 Å². The zero-order chi connectivity index (χ0) is 20.4. The van der Waals surface area contributed by atoms with Crippen LogP contribution in [0.5, 0.6) is 5.75 Å². The van der Waals surface area contributed by atoms with Crippen molar-refractivity contribution >= 4 is 23.1 Å². The molecule has 0 radical (unpaired) electrons. The van der Waals surface area contributed by atoms with Crippen LogP contribution in [0.3, 0.4) is 0 Å². The fourth-order valence-electron chi connectivity index (χ4n) is 4.01. The monoisotopic (exact) mass is 390 g/mol. The number of carbonyl (C=O) groups excluding carboxylic acids is 2. The second-order valence-corrected chi connectivity index (χ2v) is 7.34. The van der Waals surface area contributed by atoms with Gasteiger partial charge >= 0.3 is 0 Å². The molecular weight excluding hydrogens is 364 g/mol. The Kier molecular flexibility index (Phi) is 5.38. The van der Waals surface area contributed by atoms with E-state index in [0.717, 1.165) is 43.7 Å². The molecule has 2 aromatic carbocycles. The van der Waals surface area contributed by atoms with Crippen molar-refractivity contribution in [3.63, 3.8) is 0 Å². The first-order valence-corrected chi connectivity index (χ1v) is 10.3. The number of hydrogen-bond donors (Lipinski definition) is 0. The van der Waals surface area contributed by atoms with Gasteiger partial charge in [-0.25, -0.2) is 4.90 Å². The van der Waals surface area contributed by atoms with Crippen molar-refractivity contribution in [2.24, 2.45) is 0 Å². The van der Waals surface area contributed by atoms with Gasteiger partial charge in [-0.1, -0.05) is 31.2 Å². The predicted molar refractivity (Wildman–Crippen MR) is 114 cm³/mol. The molecule has 5 nitrogen and oxygen atoms in total. The minimum atomic E-state index is -0.259. The molecule has 2 aliphatic heterocycles. The Bertz CT molecular complexity index is 939. The van der Waals surface area contributed by atoms with E-state index >= 15 is 0 Å². The SMILES string of the molecule is CCOc1ccc(C2=C(N3CCCC3)C(=O)N(c3ccc(CC)cc3)C2=O)cc1. The molecule has 2 aliphatic rings. The number of ether oxygens (including phenoxy) is 1. The minimum Gasteiger partial charge on any atom is -0.494 e. The predicted octanol–water partition coefficient (Wildman–Crippen LogP) is 4.03. The Hall–Kier alpha value is -3.08. The van der Waals surface area contributed by atoms with Gasteiger partial charge in [0.15, 0.2) is 0 Å². The standard InChI is InChI=1S/C24H26N2O3/c1-3-17-7-11-19(12-8-17)26-23(27)21(18-9-13-20(14-10-18)29-4-2)22(24(26)28)25-15-5-6-16-25/h7-14H,3-6,15-16H2,1-2H3. The van der Waals surface area contributed by atoms with Crippen molar-refractivity contribution in [3.05, 3.63) is 65.4 Å². The van der Waals surface area contributed by atoms with Crippen LogP contribution in [-0.4, -0.2) is 36.4 Å². The smallest absolute Gasteiger partial charge is 0.282 e. The fraction of sp³-hybridized carbons (Fsp3) is 0.333. The van der Waals surface area contributed by atoms with Crippen LogP contribution in [0, 0.1) is 0 Å². The van der Waals surface area contributed by atoms with Crippen molar-refractivity contribution in [1.29, 1.82) is 0 Å². The Balaban J connectivity index is 1.75. The van der Waals surface area contributed by atoms with Crippen LogP contribution >= 0.6 is 0 Å². The highest BCUT2D eigenvalue weighted by atomic mass is 16.5. The second-order valence-electron chi connectivity index (χ2n) is 7.34. The molecule has 0 atom stereocenters. The summed E-state index contributed by atoms with van der Waals surface area (Å²) >= 11 is 0. The molecule has 0 unspecified atom stereocenters. The molecule has 0 saturated carbocycles. The van der Waals surface area contributed by atoms with Gasteiger partial charge in [0, 0.05) is 13.1 Å². The summed E-state index contributed by atoms with van der Waals surface area (Å²) in [5.41, 5.74) is 3.55. The summed E-state index contributed by atoms with van der Waals surface area (Å²) in [6, 6.07) is 15.1. The van der Waals surface area contributed by atoms with Gasteiger partial charge in [0.25, 0.3) is 11.8 Å². The van der Waals surface area contributed by atoms with Gasteiger partial charge < -0.3 is 9.64 Å². The third kappa shape index (κ3) is 3.53. The number of aryl methyl sites for hydroxylation is 1. The summed E-state index contributed by atoms with van der Waals surface area (Å²) in [5, 5.41) is 0. The molecule has 5 heteroatoms. The lowest BCUT2D eigenvalue weighted by Gasteiger charge is -2.20. The van der Waals surface area contributed by atoms with Gasteiger partial charge in [-0.05, 0) is 61.6 Å². The molecule has 0 aromatic heterocycles. The number of rotatable bonds is 6. The number of benzene rings is 2. The lowest BCUT2D eigenvalue weighted by atomic mass is 10.0. The highest BCUT2D eigenvalue weighted by Gasteiger charge is 2.42. The topological polar surface area (TPSA) is 49.9 Å². The fourth-order valence-corrected chi connectivity index (χ4v) is 4.01. The third-order valence-corrected chi connectivity index (χ3v) is 5.54. The average molecular weight is 390 g/mol. The summed E-state index contributed by atoms with van der Waals surface area (Å²) in [5.74, 6) is 0.263. The van der Waals surface area contributed by atoms with Crippen molar-refractivity contribution in [3.8, 4) is 5.75 Å². The number of carbonyl (C=O) groups is 2. The first-order valence-electron chi connectivity index (χ1n) is 10.3. The van der Waals surface area contributed by atoms with Crippen molar-refractivity contribution < 1.29 is 14.3 Å². The average Bonchev–Trinajstić information content (AvgIpc) is 3.35. The van der Waals surface area contributed by atoms with Crippen LogP contribution in [0.15, 0.2) is 54.2 Å². The van der Waals surface area contributed by atoms with Crippen LogP contribution in [0.1, 0.15) is 37.8 Å². The van der Waals surface area contributed by atoms with Crippen LogP contribution < -0.4 is 9.64 Å². The number of imide groups is 1. The Morgan fingerprint density at radius 1 is 0.862 bits per heavy atom. The Morgan fingerprint density at radius 2 is 1.52 bits per heavy atom. The lowest BCUT2D eigenvalue weighted by molar-refractivity contribution is -0.120. The molecule has 0 aliphatic carbocycles. The molecule has 0 bridgehead atoms. The molecule has 150 valence electrons. The summed E-state index contributed by atoms with van der Waals surface area (Å²) < 4.78 is 5.52. The number of likely N-dealkylation sites (tertiary alicyclic amines) is 1. The van der Waals surface area contributed by atoms with Crippen LogP contribution in [0.25, 0.3) is 5.57 Å². The van der Waals surface area contributed by atoms with Crippen molar-refractivity contribution in [1.82, 2.24) is 4.90 Å². The van der Waals surface area contributed by atoms with Crippen LogP contribution in [-0.2, 0) is 16.0 Å². The molecule has 2 aromatic rings. The quantitative estimate of drug-likeness (QED) is 0.699. The maximum absolute atomic E-state index is 13.4. The zero-order valence-corrected chi connectivity index (χ0v) is 17.0. The number of nitrogens with zero attached hydrogens (tertiary/aromatic N) is 2. The van der Waals surface area contributed by atoms with Gasteiger partial charge in [0.05, 0.1) is 17.9 Å². The van der Waals surface area contributed by atoms with E-state index in [1.54, 1.807) is 0 Å². The van der Waals surface area contributed by atoms with Crippen LogP contribution in [0.2, 0.25) is 0 Å². The van der Waals surface area contributed by atoms with E-state index in [2.05, 4.69) is 11.8 Å². The Morgan fingerprint density at radius 3 is 2.10 bits per heavy atom. The van der Waals surface area contributed by atoms with E-state index in [-0.39, 0.29) is 11.8 Å². The maximum Gasteiger partial charge on any atom is 0.282 e. The molecular formula is C24H26N2O3. The summed E-state index contributed by atoms with van der Waals surface area (Å²) in [6.45, 7) is 6.20. The van der Waals surface area contributed by atoms with Gasteiger partial charge in [-0.2, -0.15) is 0 Å². The maximum atomic E-state index is 13.4. The third-order valence-electron chi connectivity index (χ3n) is 5.54. The van der Waals surface area contributed by atoms with E-state index in [9.17, 15) is 9.59 Å². The molecule has 29 heavy (non-hydrogen) atoms. The number of hydrogen-bond acceptors (Lipinski definition) is 4. The first kappa shape index (κ1) is 19.2. The molecule has 2 amide bonds. The van der Waals surface area contributed by atoms with E-state index in [1.165, 1.54) is 10.5 Å². The number of amides is 2. The Labute approximate surface area is 171 Å². The largest absolute Gasteiger partial charge is 0.494 e. The molecule has 1 fully saturated rings. The summed E-state index contributed by atoms with van der Waals surface area (Å²) in [6.07, 6.45) is 2.98. The molecule has 4 rings (SSSR count). The first-order chi connectivity index (χ1) is 14.1.